The van der Waals surface area contributed by atoms with Crippen molar-refractivity contribution >= 4 is 0 Å². The van der Waals surface area contributed by atoms with Gasteiger partial charge in [0.25, 0.3) is 0 Å². The summed E-state index contributed by atoms with van der Waals surface area (Å²) in [6, 6.07) is 2.19. The predicted molar refractivity (Wildman–Crippen MR) is 65.9 cm³/mol. The maximum atomic E-state index is 3.43. The Morgan fingerprint density at radius 2 is 2.33 bits per heavy atom. The van der Waals surface area contributed by atoms with E-state index in [0.717, 1.165) is 26.1 Å². The smallest absolute Gasteiger partial charge is 0.0220 e. The number of hydrogen-bond acceptors (Lipinski definition) is 1. The summed E-state index contributed by atoms with van der Waals surface area (Å²) in [5.74, 6) is 0. The molecule has 0 spiro atoms. The van der Waals surface area contributed by atoms with Crippen LogP contribution < -0.4 is 5.32 Å². The molecule has 1 aromatic rings. The highest BCUT2D eigenvalue weighted by Crippen LogP contribution is 2.01. The Morgan fingerprint density at radius 3 is 3.07 bits per heavy atom. The molecule has 0 fully saturated rings. The van der Waals surface area contributed by atoms with Gasteiger partial charge in [-0.2, -0.15) is 0 Å². The molecule has 0 unspecified atom stereocenters. The highest BCUT2D eigenvalue weighted by molar-refractivity contribution is 5.09. The summed E-state index contributed by atoms with van der Waals surface area (Å²) in [5, 5.41) is 3.43. The van der Waals surface area contributed by atoms with Gasteiger partial charge < -0.3 is 9.88 Å². The molecule has 1 heterocycles. The van der Waals surface area contributed by atoms with Crippen LogP contribution >= 0.6 is 0 Å². The second-order valence-corrected chi connectivity index (χ2v) is 3.79. The van der Waals surface area contributed by atoms with Gasteiger partial charge in [-0.1, -0.05) is 19.1 Å². The fourth-order valence-corrected chi connectivity index (χ4v) is 1.58. The first kappa shape index (κ1) is 12.1. The van der Waals surface area contributed by atoms with Gasteiger partial charge in [-0.3, -0.25) is 0 Å². The zero-order valence-corrected chi connectivity index (χ0v) is 9.87. The molecule has 0 aliphatic heterocycles. The molecule has 0 saturated carbocycles. The molecule has 0 aliphatic carbocycles. The quantitative estimate of drug-likeness (QED) is 0.536. The number of hydrogen-bond donors (Lipinski definition) is 1. The lowest BCUT2D eigenvalue weighted by atomic mass is 10.3. The van der Waals surface area contributed by atoms with Crippen molar-refractivity contribution < 1.29 is 0 Å². The molecule has 0 atom stereocenters. The molecule has 0 radical (unpaired) electrons. The lowest BCUT2D eigenvalue weighted by molar-refractivity contribution is 0.669. The second-order valence-electron chi connectivity index (χ2n) is 3.79. The van der Waals surface area contributed by atoms with E-state index in [9.17, 15) is 0 Å². The standard InChI is InChI=1S/C13H22N2/c1-3-5-6-8-14-11-13-7-10-15(12-13)9-4-2/h3,5,7,10,12,14H,4,6,8-9,11H2,1-2H3/b5-3+. The molecule has 0 aliphatic rings. The zero-order valence-electron chi connectivity index (χ0n) is 9.87. The van der Waals surface area contributed by atoms with Crippen molar-refractivity contribution in [1.29, 1.82) is 0 Å². The van der Waals surface area contributed by atoms with Crippen LogP contribution in [-0.4, -0.2) is 11.1 Å². The molecule has 84 valence electrons. The third kappa shape index (κ3) is 4.84. The predicted octanol–water partition coefficient (Wildman–Crippen LogP) is 2.95. The second kappa shape index (κ2) is 7.30. The van der Waals surface area contributed by atoms with E-state index >= 15 is 0 Å². The van der Waals surface area contributed by atoms with Crippen molar-refractivity contribution in [3.63, 3.8) is 0 Å². The summed E-state index contributed by atoms with van der Waals surface area (Å²) >= 11 is 0. The average molecular weight is 206 g/mol. The number of aromatic nitrogens is 1. The van der Waals surface area contributed by atoms with Gasteiger partial charge in [0.2, 0.25) is 0 Å². The van der Waals surface area contributed by atoms with E-state index in [4.69, 9.17) is 0 Å². The van der Waals surface area contributed by atoms with Gasteiger partial charge in [0.1, 0.15) is 0 Å². The Morgan fingerprint density at radius 1 is 1.47 bits per heavy atom. The summed E-state index contributed by atoms with van der Waals surface area (Å²) in [4.78, 5) is 0. The summed E-state index contributed by atoms with van der Waals surface area (Å²) in [6.07, 6.45) is 11.0. The van der Waals surface area contributed by atoms with Crippen molar-refractivity contribution in [1.82, 2.24) is 9.88 Å². The third-order valence-corrected chi connectivity index (χ3v) is 2.35. The Labute approximate surface area is 93.0 Å². The Bertz CT molecular complexity index is 286. The first-order valence-electron chi connectivity index (χ1n) is 5.83. The molecule has 1 rings (SSSR count). The largest absolute Gasteiger partial charge is 0.354 e. The summed E-state index contributed by atoms with van der Waals surface area (Å²) < 4.78 is 2.25. The van der Waals surface area contributed by atoms with Crippen LogP contribution in [0.1, 0.15) is 32.3 Å². The van der Waals surface area contributed by atoms with Crippen LogP contribution in [0, 0.1) is 0 Å². The molecule has 0 bridgehead atoms. The SMILES string of the molecule is C/C=C/CCNCc1ccn(CCC)c1. The molecule has 2 heteroatoms. The van der Waals surface area contributed by atoms with Gasteiger partial charge in [-0.15, -0.1) is 0 Å². The minimum absolute atomic E-state index is 0.980. The van der Waals surface area contributed by atoms with Gasteiger partial charge >= 0.3 is 0 Å². The molecule has 0 saturated heterocycles. The van der Waals surface area contributed by atoms with E-state index in [1.54, 1.807) is 0 Å². The van der Waals surface area contributed by atoms with Crippen molar-refractivity contribution in [3.05, 3.63) is 36.2 Å². The molecule has 2 nitrogen and oxygen atoms in total. The van der Waals surface area contributed by atoms with E-state index in [1.807, 2.05) is 0 Å². The number of nitrogens with one attached hydrogen (secondary N) is 1. The fraction of sp³-hybridized carbons (Fsp3) is 0.538. The summed E-state index contributed by atoms with van der Waals surface area (Å²) in [5.41, 5.74) is 1.38. The number of allylic oxidation sites excluding steroid dienone is 1. The minimum atomic E-state index is 0.980. The van der Waals surface area contributed by atoms with Gasteiger partial charge in [-0.05, 0) is 37.9 Å². The minimum Gasteiger partial charge on any atom is -0.354 e. The molecule has 1 N–H and O–H groups in total. The average Bonchev–Trinajstić information content (AvgIpc) is 2.66. The number of rotatable bonds is 7. The van der Waals surface area contributed by atoms with E-state index in [2.05, 4.69) is 54.3 Å². The van der Waals surface area contributed by atoms with E-state index < -0.39 is 0 Å². The highest BCUT2D eigenvalue weighted by atomic mass is 14.9. The topological polar surface area (TPSA) is 17.0 Å². The third-order valence-electron chi connectivity index (χ3n) is 2.35. The molecule has 1 aromatic heterocycles. The van der Waals surface area contributed by atoms with Gasteiger partial charge in [0, 0.05) is 25.5 Å². The van der Waals surface area contributed by atoms with Crippen molar-refractivity contribution in [2.45, 2.75) is 39.8 Å². The Kier molecular flexibility index (Phi) is 5.86. The summed E-state index contributed by atoms with van der Waals surface area (Å²) in [7, 11) is 0. The molecule has 15 heavy (non-hydrogen) atoms. The molecule has 0 amide bonds. The number of aryl methyl sites for hydroxylation is 1. The molecular weight excluding hydrogens is 184 g/mol. The van der Waals surface area contributed by atoms with Crippen molar-refractivity contribution in [3.8, 4) is 0 Å². The Hall–Kier alpha value is -1.02. The molecular formula is C13H22N2. The fourth-order valence-electron chi connectivity index (χ4n) is 1.58. The number of nitrogens with zero attached hydrogens (tertiary/aromatic N) is 1. The maximum absolute atomic E-state index is 3.43. The van der Waals surface area contributed by atoms with Crippen LogP contribution in [0.4, 0.5) is 0 Å². The summed E-state index contributed by atoms with van der Waals surface area (Å²) in [6.45, 7) is 7.43. The maximum Gasteiger partial charge on any atom is 0.0220 e. The monoisotopic (exact) mass is 206 g/mol. The first-order valence-corrected chi connectivity index (χ1v) is 5.83. The normalized spacial score (nSPS) is 11.3. The zero-order chi connectivity index (χ0) is 10.9. The van der Waals surface area contributed by atoms with Crippen LogP contribution in [0.25, 0.3) is 0 Å². The van der Waals surface area contributed by atoms with Crippen LogP contribution in [-0.2, 0) is 13.1 Å². The highest BCUT2D eigenvalue weighted by Gasteiger charge is 1.95. The van der Waals surface area contributed by atoms with Gasteiger partial charge in [-0.25, -0.2) is 0 Å². The van der Waals surface area contributed by atoms with E-state index in [1.165, 1.54) is 12.0 Å². The van der Waals surface area contributed by atoms with Crippen LogP contribution in [0.2, 0.25) is 0 Å². The lowest BCUT2D eigenvalue weighted by Gasteiger charge is -2.00. The van der Waals surface area contributed by atoms with Crippen molar-refractivity contribution in [2.24, 2.45) is 0 Å². The van der Waals surface area contributed by atoms with E-state index in [-0.39, 0.29) is 0 Å². The van der Waals surface area contributed by atoms with Gasteiger partial charge in [0.15, 0.2) is 0 Å². The Balaban J connectivity index is 2.19. The van der Waals surface area contributed by atoms with E-state index in [0.29, 0.717) is 0 Å². The van der Waals surface area contributed by atoms with Crippen LogP contribution in [0.5, 0.6) is 0 Å². The van der Waals surface area contributed by atoms with Crippen LogP contribution in [0.3, 0.4) is 0 Å². The van der Waals surface area contributed by atoms with Crippen LogP contribution in [0.15, 0.2) is 30.6 Å². The van der Waals surface area contributed by atoms with Gasteiger partial charge in [0.05, 0.1) is 0 Å². The lowest BCUT2D eigenvalue weighted by Crippen LogP contribution is -2.13. The molecule has 0 aromatic carbocycles. The first-order chi connectivity index (χ1) is 7.36. The van der Waals surface area contributed by atoms with Crippen molar-refractivity contribution in [2.75, 3.05) is 6.54 Å².